The Balaban J connectivity index is 1.78. The normalized spacial score (nSPS) is 27.1. The van der Waals surface area contributed by atoms with Crippen molar-refractivity contribution >= 4 is 28.5 Å². The Morgan fingerprint density at radius 1 is 1.22 bits per heavy atom. The van der Waals surface area contributed by atoms with Gasteiger partial charge in [0.15, 0.2) is 0 Å². The zero-order chi connectivity index (χ0) is 12.5. The maximum atomic E-state index is 12.5. The first-order chi connectivity index (χ1) is 8.74. The van der Waals surface area contributed by atoms with Crippen LogP contribution in [0.3, 0.4) is 0 Å². The predicted octanol–water partition coefficient (Wildman–Crippen LogP) is 2.26. The van der Waals surface area contributed by atoms with Crippen LogP contribution in [0, 0.1) is 3.57 Å². The van der Waals surface area contributed by atoms with Crippen LogP contribution in [0.15, 0.2) is 24.3 Å². The van der Waals surface area contributed by atoms with Crippen LogP contribution in [0.1, 0.15) is 29.6 Å². The molecule has 0 aliphatic carbocycles. The number of hydrogen-bond donors (Lipinski definition) is 1. The Bertz CT molecular complexity index is 463. The largest absolute Gasteiger partial charge is 0.337 e. The highest BCUT2D eigenvalue weighted by atomic mass is 127. The summed E-state index contributed by atoms with van der Waals surface area (Å²) >= 11 is 2.24. The summed E-state index contributed by atoms with van der Waals surface area (Å²) in [4.78, 5) is 14.6. The second kappa shape index (κ2) is 5.17. The fourth-order valence-corrected chi connectivity index (χ4v) is 3.55. The minimum absolute atomic E-state index is 0.189. The molecule has 96 valence electrons. The Morgan fingerprint density at radius 2 is 2.00 bits per heavy atom. The first kappa shape index (κ1) is 12.4. The second-order valence-electron chi connectivity index (χ2n) is 5.16. The molecule has 2 heterocycles. The van der Waals surface area contributed by atoms with Gasteiger partial charge in [-0.1, -0.05) is 12.1 Å². The molecule has 1 aromatic rings. The number of rotatable bonds is 1. The highest BCUT2D eigenvalue weighted by Crippen LogP contribution is 2.22. The molecule has 2 fully saturated rings. The van der Waals surface area contributed by atoms with E-state index in [4.69, 9.17) is 0 Å². The van der Waals surface area contributed by atoms with E-state index in [1.54, 1.807) is 0 Å². The zero-order valence-electron chi connectivity index (χ0n) is 10.2. The van der Waals surface area contributed by atoms with Crippen molar-refractivity contribution in [2.45, 2.75) is 31.3 Å². The molecule has 0 aromatic heterocycles. The van der Waals surface area contributed by atoms with Gasteiger partial charge >= 0.3 is 0 Å². The fraction of sp³-hybridized carbons (Fsp3) is 0.500. The minimum Gasteiger partial charge on any atom is -0.337 e. The van der Waals surface area contributed by atoms with Crippen LogP contribution in [-0.4, -0.2) is 36.0 Å². The van der Waals surface area contributed by atoms with Crippen molar-refractivity contribution in [2.75, 3.05) is 13.1 Å². The molecule has 1 aromatic carbocycles. The summed E-state index contributed by atoms with van der Waals surface area (Å²) in [5, 5.41) is 3.61. The van der Waals surface area contributed by atoms with Crippen LogP contribution in [-0.2, 0) is 0 Å². The summed E-state index contributed by atoms with van der Waals surface area (Å²) in [5.74, 6) is 0.189. The summed E-state index contributed by atoms with van der Waals surface area (Å²) in [6.07, 6.45) is 3.57. The van der Waals surface area contributed by atoms with Crippen LogP contribution < -0.4 is 5.32 Å². The highest BCUT2D eigenvalue weighted by molar-refractivity contribution is 14.1. The number of hydrogen-bond acceptors (Lipinski definition) is 2. The van der Waals surface area contributed by atoms with Crippen LogP contribution in [0.2, 0.25) is 0 Å². The lowest BCUT2D eigenvalue weighted by Gasteiger charge is -2.24. The molecule has 4 heteroatoms. The Hall–Kier alpha value is -0.620. The van der Waals surface area contributed by atoms with Crippen LogP contribution in [0.4, 0.5) is 0 Å². The Kier molecular flexibility index (Phi) is 3.56. The molecule has 2 unspecified atom stereocenters. The van der Waals surface area contributed by atoms with Crippen molar-refractivity contribution in [3.8, 4) is 0 Å². The second-order valence-corrected chi connectivity index (χ2v) is 6.32. The minimum atomic E-state index is 0.189. The summed E-state index contributed by atoms with van der Waals surface area (Å²) in [6, 6.07) is 8.98. The number of nitrogens with zero attached hydrogens (tertiary/aromatic N) is 1. The zero-order valence-corrected chi connectivity index (χ0v) is 12.4. The van der Waals surface area contributed by atoms with Gasteiger partial charge in [0, 0.05) is 28.7 Å². The van der Waals surface area contributed by atoms with Gasteiger partial charge in [-0.05, 0) is 54.0 Å². The van der Waals surface area contributed by atoms with Crippen molar-refractivity contribution in [3.05, 3.63) is 33.4 Å². The van der Waals surface area contributed by atoms with Crippen molar-refractivity contribution in [2.24, 2.45) is 0 Å². The number of carbonyl (C=O) groups is 1. The number of likely N-dealkylation sites (tertiary alicyclic amines) is 1. The third-order valence-electron chi connectivity index (χ3n) is 3.91. The van der Waals surface area contributed by atoms with E-state index in [9.17, 15) is 4.79 Å². The van der Waals surface area contributed by atoms with E-state index in [0.717, 1.165) is 28.6 Å². The molecule has 2 atom stereocenters. The number of benzene rings is 1. The highest BCUT2D eigenvalue weighted by Gasteiger charge is 2.31. The third-order valence-corrected chi connectivity index (χ3v) is 4.86. The molecule has 3 nitrogen and oxygen atoms in total. The first-order valence-corrected chi connectivity index (χ1v) is 7.62. The van der Waals surface area contributed by atoms with Crippen LogP contribution >= 0.6 is 22.6 Å². The molecule has 2 saturated heterocycles. The van der Waals surface area contributed by atoms with E-state index in [0.29, 0.717) is 12.1 Å². The van der Waals surface area contributed by atoms with E-state index >= 15 is 0 Å². The van der Waals surface area contributed by atoms with Crippen molar-refractivity contribution in [3.63, 3.8) is 0 Å². The van der Waals surface area contributed by atoms with E-state index in [-0.39, 0.29) is 5.91 Å². The molecular formula is C14H17IN2O. The maximum absolute atomic E-state index is 12.5. The first-order valence-electron chi connectivity index (χ1n) is 6.54. The Labute approximate surface area is 121 Å². The lowest BCUT2D eigenvalue weighted by molar-refractivity contribution is 0.0747. The molecule has 0 radical (unpaired) electrons. The number of nitrogens with one attached hydrogen (secondary N) is 1. The monoisotopic (exact) mass is 356 g/mol. The van der Waals surface area contributed by atoms with E-state index in [1.807, 2.05) is 29.2 Å². The number of halogens is 1. The smallest absolute Gasteiger partial charge is 0.254 e. The lowest BCUT2D eigenvalue weighted by Crippen LogP contribution is -2.39. The molecule has 2 bridgehead atoms. The number of carbonyl (C=O) groups excluding carboxylic acids is 1. The average Bonchev–Trinajstić information content (AvgIpc) is 2.69. The predicted molar refractivity (Wildman–Crippen MR) is 79.6 cm³/mol. The molecule has 1 amide bonds. The van der Waals surface area contributed by atoms with E-state index in [1.165, 1.54) is 12.8 Å². The molecule has 0 saturated carbocycles. The molecule has 1 N–H and O–H groups in total. The number of amides is 1. The summed E-state index contributed by atoms with van der Waals surface area (Å²) < 4.78 is 1.04. The van der Waals surface area contributed by atoms with Crippen molar-refractivity contribution < 1.29 is 4.79 Å². The third kappa shape index (κ3) is 2.40. The summed E-state index contributed by atoms with van der Waals surface area (Å²) in [5.41, 5.74) is 0.843. The Morgan fingerprint density at radius 3 is 2.83 bits per heavy atom. The van der Waals surface area contributed by atoms with Gasteiger partial charge in [-0.25, -0.2) is 0 Å². The van der Waals surface area contributed by atoms with Crippen molar-refractivity contribution in [1.29, 1.82) is 0 Å². The van der Waals surface area contributed by atoms with E-state index < -0.39 is 0 Å². The maximum Gasteiger partial charge on any atom is 0.254 e. The van der Waals surface area contributed by atoms with Crippen LogP contribution in [0.5, 0.6) is 0 Å². The molecular weight excluding hydrogens is 339 g/mol. The van der Waals surface area contributed by atoms with Crippen LogP contribution in [0.25, 0.3) is 0 Å². The van der Waals surface area contributed by atoms with Gasteiger partial charge in [0.05, 0.1) is 5.56 Å². The molecule has 3 rings (SSSR count). The van der Waals surface area contributed by atoms with Gasteiger partial charge in [-0.15, -0.1) is 0 Å². The van der Waals surface area contributed by atoms with Gasteiger partial charge in [0.1, 0.15) is 0 Å². The summed E-state index contributed by atoms with van der Waals surface area (Å²) in [7, 11) is 0. The van der Waals surface area contributed by atoms with Gasteiger partial charge in [-0.3, -0.25) is 4.79 Å². The molecule has 2 aliphatic rings. The fourth-order valence-electron chi connectivity index (χ4n) is 2.93. The topological polar surface area (TPSA) is 32.3 Å². The van der Waals surface area contributed by atoms with Gasteiger partial charge in [-0.2, -0.15) is 0 Å². The van der Waals surface area contributed by atoms with Gasteiger partial charge in [0.2, 0.25) is 0 Å². The summed E-state index contributed by atoms with van der Waals surface area (Å²) in [6.45, 7) is 1.75. The SMILES string of the molecule is O=C(c1ccccc1I)N1CCC2CCC(C1)N2. The number of fused-ring (bicyclic) bond motifs is 2. The molecule has 0 spiro atoms. The van der Waals surface area contributed by atoms with Gasteiger partial charge < -0.3 is 10.2 Å². The van der Waals surface area contributed by atoms with E-state index in [2.05, 4.69) is 27.9 Å². The standard InChI is InChI=1S/C14H17IN2O/c15-13-4-2-1-3-12(13)14(18)17-8-7-10-5-6-11(9-17)16-10/h1-4,10-11,16H,5-9H2. The molecule has 2 aliphatic heterocycles. The average molecular weight is 356 g/mol. The quantitative estimate of drug-likeness (QED) is 0.783. The molecule has 18 heavy (non-hydrogen) atoms. The van der Waals surface area contributed by atoms with Crippen molar-refractivity contribution in [1.82, 2.24) is 10.2 Å². The lowest BCUT2D eigenvalue weighted by atomic mass is 10.1. The van der Waals surface area contributed by atoms with Gasteiger partial charge in [0.25, 0.3) is 5.91 Å².